The Bertz CT molecular complexity index is 563. The Hall–Kier alpha value is -1.39. The number of hydrogen-bond acceptors (Lipinski definition) is 3. The Kier molecular flexibility index (Phi) is 6.81. The minimum Gasteiger partial charge on any atom is -0.343 e. The third-order valence-electron chi connectivity index (χ3n) is 4.74. The predicted molar refractivity (Wildman–Crippen MR) is 97.3 cm³/mol. The number of benzene rings is 1. The topological polar surface area (TPSA) is 49.4 Å². The van der Waals surface area contributed by atoms with Crippen LogP contribution in [0.25, 0.3) is 0 Å². The fourth-order valence-corrected chi connectivity index (χ4v) is 3.29. The van der Waals surface area contributed by atoms with E-state index in [9.17, 15) is 9.59 Å². The average Bonchev–Trinajstić information content (AvgIpc) is 2.56. The first-order chi connectivity index (χ1) is 11.4. The summed E-state index contributed by atoms with van der Waals surface area (Å²) >= 11 is 5.96. The monoisotopic (exact) mass is 350 g/mol. The van der Waals surface area contributed by atoms with Gasteiger partial charge in [0.2, 0.25) is 5.91 Å². The summed E-state index contributed by atoms with van der Waals surface area (Å²) in [7, 11) is 0. The number of halogens is 1. The fourth-order valence-electron chi connectivity index (χ4n) is 3.16. The number of nitrogens with zero attached hydrogens (tertiary/aromatic N) is 1. The second-order valence-corrected chi connectivity index (χ2v) is 7.29. The number of Topliss-reactive ketones (excluding diaryl/α,β-unsaturated/α-hetero) is 1. The van der Waals surface area contributed by atoms with Gasteiger partial charge in [0.15, 0.2) is 0 Å². The van der Waals surface area contributed by atoms with E-state index in [1.807, 2.05) is 43.0 Å². The number of amides is 1. The third kappa shape index (κ3) is 5.05. The molecule has 0 saturated carbocycles. The Morgan fingerprint density at radius 3 is 2.29 bits per heavy atom. The summed E-state index contributed by atoms with van der Waals surface area (Å²) in [5, 5.41) is 4.22. The van der Waals surface area contributed by atoms with Crippen LogP contribution in [0.15, 0.2) is 24.3 Å². The molecule has 1 amide bonds. The number of nitrogens with one attached hydrogen (secondary N) is 1. The summed E-state index contributed by atoms with van der Waals surface area (Å²) in [5.74, 6) is 0.216. The van der Waals surface area contributed by atoms with Gasteiger partial charge >= 0.3 is 0 Å². The van der Waals surface area contributed by atoms with Crippen LogP contribution in [0.4, 0.5) is 0 Å². The van der Waals surface area contributed by atoms with Crippen molar-refractivity contribution in [2.45, 2.75) is 45.6 Å². The number of rotatable bonds is 6. The summed E-state index contributed by atoms with van der Waals surface area (Å²) in [6.07, 6.45) is 1.87. The number of carbonyl (C=O) groups excluding carboxylic acids is 2. The maximum absolute atomic E-state index is 12.6. The van der Waals surface area contributed by atoms with E-state index >= 15 is 0 Å². The molecule has 0 bridgehead atoms. The van der Waals surface area contributed by atoms with Crippen molar-refractivity contribution < 1.29 is 9.59 Å². The largest absolute Gasteiger partial charge is 0.343 e. The van der Waals surface area contributed by atoms with Crippen molar-refractivity contribution in [1.29, 1.82) is 0 Å². The molecule has 1 heterocycles. The quantitative estimate of drug-likeness (QED) is 0.856. The molecule has 0 aliphatic carbocycles. The molecule has 1 aromatic rings. The first kappa shape index (κ1) is 18.9. The van der Waals surface area contributed by atoms with Crippen molar-refractivity contribution in [1.82, 2.24) is 10.2 Å². The molecular weight excluding hydrogens is 324 g/mol. The minimum atomic E-state index is -0.159. The first-order valence-electron chi connectivity index (χ1n) is 8.66. The van der Waals surface area contributed by atoms with Gasteiger partial charge in [0.25, 0.3) is 0 Å². The normalized spacial score (nSPS) is 17.1. The molecule has 0 radical (unpaired) electrons. The Labute approximate surface area is 149 Å². The lowest BCUT2D eigenvalue weighted by Crippen LogP contribution is -2.45. The Morgan fingerprint density at radius 1 is 1.21 bits per heavy atom. The van der Waals surface area contributed by atoms with E-state index in [0.29, 0.717) is 17.6 Å². The van der Waals surface area contributed by atoms with Crippen LogP contribution in [-0.4, -0.2) is 42.3 Å². The summed E-state index contributed by atoms with van der Waals surface area (Å²) < 4.78 is 0. The second kappa shape index (κ2) is 8.63. The van der Waals surface area contributed by atoms with Gasteiger partial charge in [-0.3, -0.25) is 9.59 Å². The molecule has 0 spiro atoms. The van der Waals surface area contributed by atoms with Crippen molar-refractivity contribution in [3.63, 3.8) is 0 Å². The van der Waals surface area contributed by atoms with Crippen molar-refractivity contribution in [3.05, 3.63) is 34.9 Å². The van der Waals surface area contributed by atoms with Crippen molar-refractivity contribution in [3.8, 4) is 0 Å². The number of carbonyl (C=O) groups is 2. The van der Waals surface area contributed by atoms with Gasteiger partial charge in [-0.05, 0) is 30.5 Å². The SMILES string of the molecule is CC(=O)N1CCC(NC[C@@H](C(=O)C(C)C)c2ccc(Cl)cc2)CC1. The van der Waals surface area contributed by atoms with Crippen molar-refractivity contribution in [2.24, 2.45) is 5.92 Å². The molecule has 1 aliphatic rings. The summed E-state index contributed by atoms with van der Waals surface area (Å²) in [4.78, 5) is 25.9. The van der Waals surface area contributed by atoms with Gasteiger partial charge in [-0.2, -0.15) is 0 Å². The molecule has 4 nitrogen and oxygen atoms in total. The summed E-state index contributed by atoms with van der Waals surface area (Å²) in [6.45, 7) is 7.70. The standard InChI is InChI=1S/C19H27ClN2O2/c1-13(2)19(24)18(15-4-6-16(20)7-5-15)12-21-17-8-10-22(11-9-17)14(3)23/h4-7,13,17-18,21H,8-12H2,1-3H3/t18-/m1/s1. The zero-order valence-corrected chi connectivity index (χ0v) is 15.5. The zero-order chi connectivity index (χ0) is 17.7. The molecule has 5 heteroatoms. The van der Waals surface area contributed by atoms with Crippen LogP contribution >= 0.6 is 11.6 Å². The van der Waals surface area contributed by atoms with E-state index in [1.54, 1.807) is 6.92 Å². The van der Waals surface area contributed by atoms with Gasteiger partial charge in [0.05, 0.1) is 5.92 Å². The summed E-state index contributed by atoms with van der Waals surface area (Å²) in [6, 6.07) is 7.90. The van der Waals surface area contributed by atoms with Crippen molar-refractivity contribution >= 4 is 23.3 Å². The fraction of sp³-hybridized carbons (Fsp3) is 0.579. The maximum Gasteiger partial charge on any atom is 0.219 e. The van der Waals surface area contributed by atoms with Crippen LogP contribution in [-0.2, 0) is 9.59 Å². The molecule has 132 valence electrons. The van der Waals surface area contributed by atoms with E-state index in [2.05, 4.69) is 5.32 Å². The number of likely N-dealkylation sites (tertiary alicyclic amines) is 1. The molecule has 0 unspecified atom stereocenters. The second-order valence-electron chi connectivity index (χ2n) is 6.85. The van der Waals surface area contributed by atoms with Gasteiger partial charge in [-0.15, -0.1) is 0 Å². The van der Waals surface area contributed by atoms with Crippen LogP contribution in [0.3, 0.4) is 0 Å². The molecule has 1 fully saturated rings. The lowest BCUT2D eigenvalue weighted by atomic mass is 9.88. The highest BCUT2D eigenvalue weighted by Gasteiger charge is 2.26. The number of hydrogen-bond donors (Lipinski definition) is 1. The molecule has 2 rings (SSSR count). The van der Waals surface area contributed by atoms with Gasteiger partial charge in [-0.25, -0.2) is 0 Å². The highest BCUT2D eigenvalue weighted by atomic mass is 35.5. The van der Waals surface area contributed by atoms with Gasteiger partial charge in [0.1, 0.15) is 5.78 Å². The molecule has 1 atom stereocenters. The molecule has 1 N–H and O–H groups in total. The lowest BCUT2D eigenvalue weighted by molar-refractivity contribution is -0.129. The number of ketones is 1. The lowest BCUT2D eigenvalue weighted by Gasteiger charge is -2.32. The molecule has 1 saturated heterocycles. The highest BCUT2D eigenvalue weighted by Crippen LogP contribution is 2.23. The third-order valence-corrected chi connectivity index (χ3v) is 4.99. The van der Waals surface area contributed by atoms with E-state index in [1.165, 1.54) is 0 Å². The highest BCUT2D eigenvalue weighted by molar-refractivity contribution is 6.30. The molecule has 1 aliphatic heterocycles. The predicted octanol–water partition coefficient (Wildman–Crippen LogP) is 3.25. The minimum absolute atomic E-state index is 0.00737. The maximum atomic E-state index is 12.6. The Morgan fingerprint density at radius 2 is 1.79 bits per heavy atom. The molecular formula is C19H27ClN2O2. The van der Waals surface area contributed by atoms with E-state index in [-0.39, 0.29) is 23.5 Å². The summed E-state index contributed by atoms with van der Waals surface area (Å²) in [5.41, 5.74) is 1.01. The van der Waals surface area contributed by atoms with Gasteiger partial charge in [0, 0.05) is 43.5 Å². The zero-order valence-electron chi connectivity index (χ0n) is 14.7. The van der Waals surface area contributed by atoms with E-state index in [0.717, 1.165) is 31.5 Å². The van der Waals surface area contributed by atoms with Crippen LogP contribution in [0.2, 0.25) is 5.02 Å². The smallest absolute Gasteiger partial charge is 0.219 e. The molecule has 0 aromatic heterocycles. The van der Waals surface area contributed by atoms with E-state index in [4.69, 9.17) is 11.6 Å². The van der Waals surface area contributed by atoms with Crippen LogP contribution in [0, 0.1) is 5.92 Å². The Balaban J connectivity index is 1.98. The van der Waals surface area contributed by atoms with Crippen LogP contribution in [0.5, 0.6) is 0 Å². The van der Waals surface area contributed by atoms with Crippen LogP contribution in [0.1, 0.15) is 45.1 Å². The first-order valence-corrected chi connectivity index (χ1v) is 9.04. The van der Waals surface area contributed by atoms with Gasteiger partial charge in [-0.1, -0.05) is 37.6 Å². The number of piperidine rings is 1. The molecule has 1 aromatic carbocycles. The molecule has 24 heavy (non-hydrogen) atoms. The van der Waals surface area contributed by atoms with E-state index < -0.39 is 0 Å². The average molecular weight is 351 g/mol. The van der Waals surface area contributed by atoms with Crippen LogP contribution < -0.4 is 5.32 Å². The van der Waals surface area contributed by atoms with Gasteiger partial charge < -0.3 is 10.2 Å². The van der Waals surface area contributed by atoms with Crippen molar-refractivity contribution in [2.75, 3.05) is 19.6 Å².